The molecule has 0 radical (unpaired) electrons. The van der Waals surface area contributed by atoms with Gasteiger partial charge in [-0.2, -0.15) is 0 Å². The third-order valence-corrected chi connectivity index (χ3v) is 4.97. The van der Waals surface area contributed by atoms with E-state index < -0.39 is 0 Å². The number of hydrogen-bond acceptors (Lipinski definition) is 7. The molecule has 2 aromatic carbocycles. The van der Waals surface area contributed by atoms with E-state index in [4.69, 9.17) is 13.9 Å². The van der Waals surface area contributed by atoms with Crippen molar-refractivity contribution in [2.24, 2.45) is 0 Å². The summed E-state index contributed by atoms with van der Waals surface area (Å²) in [5, 5.41) is 10.5. The van der Waals surface area contributed by atoms with Gasteiger partial charge in [0.25, 0.3) is 5.89 Å². The summed E-state index contributed by atoms with van der Waals surface area (Å²) in [5.41, 5.74) is 0.592. The molecule has 1 N–H and O–H groups in total. The van der Waals surface area contributed by atoms with Crippen LogP contribution in [0, 0.1) is 0 Å². The molecule has 7 nitrogen and oxygen atoms in total. The van der Waals surface area contributed by atoms with Crippen LogP contribution in [0.2, 0.25) is 0 Å². The van der Waals surface area contributed by atoms with Crippen molar-refractivity contribution in [1.29, 1.82) is 0 Å². The molecule has 0 atom stereocenters. The SMILES string of the molecule is COc1ccc(OC)c(-c2nnc(NC(=O)CCCSc3ccccc3)o2)c1. The van der Waals surface area contributed by atoms with Gasteiger partial charge in [0.2, 0.25) is 5.91 Å². The van der Waals surface area contributed by atoms with Gasteiger partial charge >= 0.3 is 6.01 Å². The fourth-order valence-corrected chi connectivity index (χ4v) is 3.36. The van der Waals surface area contributed by atoms with Crippen LogP contribution in [0.4, 0.5) is 6.01 Å². The summed E-state index contributed by atoms with van der Waals surface area (Å²) in [7, 11) is 3.12. The number of hydrogen-bond donors (Lipinski definition) is 1. The van der Waals surface area contributed by atoms with E-state index in [-0.39, 0.29) is 17.8 Å². The third-order valence-electron chi connectivity index (χ3n) is 3.87. The molecule has 0 fully saturated rings. The van der Waals surface area contributed by atoms with E-state index in [9.17, 15) is 4.79 Å². The van der Waals surface area contributed by atoms with Gasteiger partial charge in [0.05, 0.1) is 19.8 Å². The van der Waals surface area contributed by atoms with Gasteiger partial charge in [-0.3, -0.25) is 10.1 Å². The minimum absolute atomic E-state index is 0.0561. The van der Waals surface area contributed by atoms with E-state index in [0.717, 1.165) is 12.2 Å². The smallest absolute Gasteiger partial charge is 0.322 e. The van der Waals surface area contributed by atoms with Gasteiger partial charge in [-0.15, -0.1) is 16.9 Å². The molecule has 1 aromatic heterocycles. The van der Waals surface area contributed by atoms with Crippen molar-refractivity contribution in [3.63, 3.8) is 0 Å². The number of nitrogens with one attached hydrogen (secondary N) is 1. The standard InChI is InChI=1S/C20H21N3O4S/c1-25-14-10-11-17(26-2)16(13-14)19-22-23-20(27-19)21-18(24)9-6-12-28-15-7-4-3-5-8-15/h3-5,7-8,10-11,13H,6,9,12H2,1-2H3,(H,21,23,24). The maximum Gasteiger partial charge on any atom is 0.322 e. The van der Waals surface area contributed by atoms with Crippen LogP contribution in [0.3, 0.4) is 0 Å². The van der Waals surface area contributed by atoms with Gasteiger partial charge in [0.15, 0.2) is 0 Å². The lowest BCUT2D eigenvalue weighted by Crippen LogP contribution is -2.11. The Labute approximate surface area is 167 Å². The maximum atomic E-state index is 12.1. The first-order chi connectivity index (χ1) is 13.7. The molecule has 0 saturated heterocycles. The first kappa shape index (κ1) is 19.8. The second kappa shape index (κ2) is 9.80. The lowest BCUT2D eigenvalue weighted by atomic mass is 10.2. The van der Waals surface area contributed by atoms with Crippen LogP contribution in [0.1, 0.15) is 12.8 Å². The van der Waals surface area contributed by atoms with Gasteiger partial charge in [-0.1, -0.05) is 23.3 Å². The summed E-state index contributed by atoms with van der Waals surface area (Å²) < 4.78 is 16.1. The van der Waals surface area contributed by atoms with Crippen molar-refractivity contribution in [2.45, 2.75) is 17.7 Å². The Bertz CT molecular complexity index is 915. The zero-order chi connectivity index (χ0) is 19.8. The largest absolute Gasteiger partial charge is 0.497 e. The first-order valence-corrected chi connectivity index (χ1v) is 9.71. The monoisotopic (exact) mass is 399 g/mol. The summed E-state index contributed by atoms with van der Waals surface area (Å²) in [6, 6.07) is 15.4. The molecule has 0 aliphatic carbocycles. The first-order valence-electron chi connectivity index (χ1n) is 8.73. The average molecular weight is 399 g/mol. The topological polar surface area (TPSA) is 86.5 Å². The second-order valence-corrected chi connectivity index (χ2v) is 6.96. The highest BCUT2D eigenvalue weighted by Gasteiger charge is 2.16. The van der Waals surface area contributed by atoms with Gasteiger partial charge in [0, 0.05) is 11.3 Å². The maximum absolute atomic E-state index is 12.1. The van der Waals surface area contributed by atoms with Crippen LogP contribution in [0.25, 0.3) is 11.5 Å². The van der Waals surface area contributed by atoms with Gasteiger partial charge < -0.3 is 13.9 Å². The lowest BCUT2D eigenvalue weighted by molar-refractivity contribution is -0.116. The average Bonchev–Trinajstić information content (AvgIpc) is 3.19. The highest BCUT2D eigenvalue weighted by atomic mass is 32.2. The van der Waals surface area contributed by atoms with E-state index in [0.29, 0.717) is 23.5 Å². The van der Waals surface area contributed by atoms with Crippen molar-refractivity contribution in [3.05, 3.63) is 48.5 Å². The van der Waals surface area contributed by atoms with Gasteiger partial charge in [0.1, 0.15) is 11.5 Å². The van der Waals surface area contributed by atoms with Crippen LogP contribution in [-0.4, -0.2) is 36.1 Å². The molecule has 8 heteroatoms. The number of carbonyl (C=O) groups excluding carboxylic acids is 1. The predicted molar refractivity (Wildman–Crippen MR) is 108 cm³/mol. The molecule has 28 heavy (non-hydrogen) atoms. The Morgan fingerprint density at radius 1 is 1.11 bits per heavy atom. The molecule has 0 aliphatic rings. The van der Waals surface area contributed by atoms with Crippen molar-refractivity contribution in [3.8, 4) is 23.0 Å². The molecule has 1 amide bonds. The molecule has 1 heterocycles. The number of methoxy groups -OCH3 is 2. The molecule has 0 unspecified atom stereocenters. The molecule has 3 rings (SSSR count). The Morgan fingerprint density at radius 3 is 2.68 bits per heavy atom. The molecule has 0 bridgehead atoms. The van der Waals surface area contributed by atoms with E-state index in [1.165, 1.54) is 4.90 Å². The van der Waals surface area contributed by atoms with Crippen molar-refractivity contribution in [1.82, 2.24) is 10.2 Å². The highest BCUT2D eigenvalue weighted by molar-refractivity contribution is 7.99. The summed E-state index contributed by atoms with van der Waals surface area (Å²) in [4.78, 5) is 13.3. The molecule has 3 aromatic rings. The molecular weight excluding hydrogens is 378 g/mol. The van der Waals surface area contributed by atoms with E-state index in [2.05, 4.69) is 27.6 Å². The second-order valence-electron chi connectivity index (χ2n) is 5.79. The summed E-state index contributed by atoms with van der Waals surface area (Å²) >= 11 is 1.72. The van der Waals surface area contributed by atoms with E-state index >= 15 is 0 Å². The number of carbonyl (C=O) groups is 1. The Kier molecular flexibility index (Phi) is 6.91. The Morgan fingerprint density at radius 2 is 1.93 bits per heavy atom. The van der Waals surface area contributed by atoms with Crippen molar-refractivity contribution < 1.29 is 18.7 Å². The summed E-state index contributed by atoms with van der Waals surface area (Å²) in [6.07, 6.45) is 1.12. The van der Waals surface area contributed by atoms with Crippen LogP contribution < -0.4 is 14.8 Å². The highest BCUT2D eigenvalue weighted by Crippen LogP contribution is 2.33. The van der Waals surface area contributed by atoms with Crippen LogP contribution in [0.5, 0.6) is 11.5 Å². The minimum atomic E-state index is -0.165. The zero-order valence-corrected chi connectivity index (χ0v) is 16.5. The number of thioether (sulfide) groups is 1. The van der Waals surface area contributed by atoms with Gasteiger partial charge in [-0.05, 0) is 42.5 Å². The fourth-order valence-electron chi connectivity index (χ4n) is 2.49. The molecule has 146 valence electrons. The number of amides is 1. The molecule has 0 spiro atoms. The molecular formula is C20H21N3O4S. The number of benzene rings is 2. The Hall–Kier alpha value is -3.00. The van der Waals surface area contributed by atoms with Crippen molar-refractivity contribution in [2.75, 3.05) is 25.3 Å². The molecule has 0 saturated carbocycles. The minimum Gasteiger partial charge on any atom is -0.497 e. The predicted octanol–water partition coefficient (Wildman–Crippen LogP) is 4.26. The Balaban J connectivity index is 1.53. The fraction of sp³-hybridized carbons (Fsp3) is 0.250. The van der Waals surface area contributed by atoms with Crippen LogP contribution in [0.15, 0.2) is 57.8 Å². The lowest BCUT2D eigenvalue weighted by Gasteiger charge is -2.07. The number of aromatic nitrogens is 2. The summed E-state index contributed by atoms with van der Waals surface area (Å²) in [6.45, 7) is 0. The van der Waals surface area contributed by atoms with E-state index in [1.54, 1.807) is 44.2 Å². The van der Waals surface area contributed by atoms with Crippen LogP contribution >= 0.6 is 11.8 Å². The normalized spacial score (nSPS) is 10.5. The van der Waals surface area contributed by atoms with Gasteiger partial charge in [-0.25, -0.2) is 0 Å². The number of rotatable bonds is 9. The third kappa shape index (κ3) is 5.26. The van der Waals surface area contributed by atoms with Crippen LogP contribution in [-0.2, 0) is 4.79 Å². The number of ether oxygens (including phenoxy) is 2. The number of nitrogens with zero attached hydrogens (tertiary/aromatic N) is 2. The van der Waals surface area contributed by atoms with E-state index in [1.807, 2.05) is 18.2 Å². The zero-order valence-electron chi connectivity index (χ0n) is 15.7. The molecule has 0 aliphatic heterocycles. The summed E-state index contributed by atoms with van der Waals surface area (Å²) in [5.74, 6) is 2.14. The quantitative estimate of drug-likeness (QED) is 0.425. The van der Waals surface area contributed by atoms with Crippen molar-refractivity contribution >= 4 is 23.7 Å². The number of anilines is 1.